The van der Waals surface area contributed by atoms with Crippen LogP contribution in [0.4, 0.5) is 11.4 Å². The Morgan fingerprint density at radius 2 is 1.14 bits per heavy atom. The van der Waals surface area contributed by atoms with Crippen molar-refractivity contribution in [3.8, 4) is 0 Å². The molecule has 2 fully saturated rings. The molecule has 0 saturated carbocycles. The Morgan fingerprint density at radius 1 is 0.722 bits per heavy atom. The minimum Gasteiger partial charge on any atom is -0.383 e. The van der Waals surface area contributed by atoms with Gasteiger partial charge >= 0.3 is 0 Å². The van der Waals surface area contributed by atoms with E-state index in [-0.39, 0.29) is 23.0 Å². The van der Waals surface area contributed by atoms with Crippen molar-refractivity contribution in [2.24, 2.45) is 0 Å². The van der Waals surface area contributed by atoms with Crippen molar-refractivity contribution < 1.29 is 19.1 Å². The SMILES string of the molecule is CC1(C)OCCN1CCNc1ccc(NCCN2CCOC2(C)C)c2c1C(=O)c1ccccc1C2=O. The molecule has 8 nitrogen and oxygen atoms in total. The number of nitrogens with zero attached hydrogens (tertiary/aromatic N) is 2. The van der Waals surface area contributed by atoms with Crippen molar-refractivity contribution in [3.05, 3.63) is 58.7 Å². The van der Waals surface area contributed by atoms with E-state index in [9.17, 15) is 9.59 Å². The summed E-state index contributed by atoms with van der Waals surface area (Å²) in [4.78, 5) is 31.8. The topological polar surface area (TPSA) is 83.1 Å². The van der Waals surface area contributed by atoms with E-state index in [2.05, 4.69) is 48.1 Å². The van der Waals surface area contributed by atoms with E-state index in [1.165, 1.54) is 0 Å². The van der Waals surface area contributed by atoms with Crippen LogP contribution in [0.1, 0.15) is 59.5 Å². The second-order valence-electron chi connectivity index (χ2n) is 10.5. The van der Waals surface area contributed by atoms with Gasteiger partial charge in [-0.05, 0) is 39.8 Å². The second-order valence-corrected chi connectivity index (χ2v) is 10.5. The number of hydrogen-bond donors (Lipinski definition) is 2. The summed E-state index contributed by atoms with van der Waals surface area (Å²) in [6, 6.07) is 10.9. The Morgan fingerprint density at radius 3 is 1.50 bits per heavy atom. The maximum atomic E-state index is 13.6. The zero-order valence-electron chi connectivity index (χ0n) is 21.6. The molecule has 0 bridgehead atoms. The fraction of sp³-hybridized carbons (Fsp3) is 0.500. The summed E-state index contributed by atoms with van der Waals surface area (Å²) < 4.78 is 11.6. The minimum atomic E-state index is -0.297. The molecular formula is C28H36N4O4. The minimum absolute atomic E-state index is 0.120. The summed E-state index contributed by atoms with van der Waals surface area (Å²) >= 11 is 0. The zero-order chi connectivity index (χ0) is 25.5. The molecule has 2 aromatic rings. The Hall–Kier alpha value is -2.78. The molecule has 0 aromatic heterocycles. The number of ketones is 2. The lowest BCUT2D eigenvalue weighted by Gasteiger charge is -2.31. The number of carbonyl (C=O) groups excluding carboxylic acids is 2. The number of ether oxygens (including phenoxy) is 2. The first-order valence-electron chi connectivity index (χ1n) is 12.8. The average molecular weight is 493 g/mol. The highest BCUT2D eigenvalue weighted by Gasteiger charge is 2.36. The highest BCUT2D eigenvalue weighted by Crippen LogP contribution is 2.36. The van der Waals surface area contributed by atoms with E-state index in [0.717, 1.165) is 26.2 Å². The maximum absolute atomic E-state index is 13.6. The quantitative estimate of drug-likeness (QED) is 0.495. The van der Waals surface area contributed by atoms with Gasteiger partial charge in [-0.25, -0.2) is 0 Å². The monoisotopic (exact) mass is 492 g/mol. The third-order valence-electron chi connectivity index (χ3n) is 7.63. The molecule has 5 rings (SSSR count). The molecule has 2 N–H and O–H groups in total. The number of hydrogen-bond acceptors (Lipinski definition) is 8. The first-order valence-corrected chi connectivity index (χ1v) is 12.8. The summed E-state index contributed by atoms with van der Waals surface area (Å²) in [5.74, 6) is -0.240. The van der Waals surface area contributed by atoms with Gasteiger partial charge in [-0.3, -0.25) is 19.4 Å². The van der Waals surface area contributed by atoms with Crippen LogP contribution in [0.2, 0.25) is 0 Å². The molecular weight excluding hydrogens is 456 g/mol. The molecule has 0 radical (unpaired) electrons. The number of carbonyl (C=O) groups is 2. The smallest absolute Gasteiger partial charge is 0.196 e. The first-order chi connectivity index (χ1) is 17.2. The molecule has 0 atom stereocenters. The molecule has 8 heteroatoms. The van der Waals surface area contributed by atoms with Crippen LogP contribution in [0.3, 0.4) is 0 Å². The molecule has 2 saturated heterocycles. The van der Waals surface area contributed by atoms with Gasteiger partial charge in [0.1, 0.15) is 11.4 Å². The van der Waals surface area contributed by atoms with Crippen LogP contribution < -0.4 is 10.6 Å². The van der Waals surface area contributed by atoms with Crippen molar-refractivity contribution in [3.63, 3.8) is 0 Å². The third kappa shape index (κ3) is 4.54. The Labute approximate surface area is 212 Å². The second kappa shape index (κ2) is 9.59. The van der Waals surface area contributed by atoms with Gasteiger partial charge < -0.3 is 20.1 Å². The van der Waals surface area contributed by atoms with Crippen molar-refractivity contribution in [1.82, 2.24) is 9.80 Å². The molecule has 0 unspecified atom stereocenters. The Bertz CT molecular complexity index is 1090. The molecule has 2 aromatic carbocycles. The van der Waals surface area contributed by atoms with Crippen LogP contribution in [0.25, 0.3) is 0 Å². The van der Waals surface area contributed by atoms with Crippen molar-refractivity contribution in [2.45, 2.75) is 39.1 Å². The van der Waals surface area contributed by atoms with Gasteiger partial charge in [0.2, 0.25) is 0 Å². The van der Waals surface area contributed by atoms with Crippen LogP contribution in [-0.4, -0.2) is 85.3 Å². The van der Waals surface area contributed by atoms with E-state index in [0.29, 0.717) is 59.9 Å². The van der Waals surface area contributed by atoms with Gasteiger partial charge in [-0.1, -0.05) is 24.3 Å². The number of anilines is 2. The van der Waals surface area contributed by atoms with E-state index in [1.54, 1.807) is 24.3 Å². The first kappa shape index (κ1) is 24.9. The Balaban J connectivity index is 1.39. The lowest BCUT2D eigenvalue weighted by Crippen LogP contribution is -2.42. The van der Waals surface area contributed by atoms with Gasteiger partial charge in [-0.15, -0.1) is 0 Å². The summed E-state index contributed by atoms with van der Waals surface area (Å²) in [5, 5.41) is 6.87. The van der Waals surface area contributed by atoms with Crippen LogP contribution >= 0.6 is 0 Å². The number of nitrogens with one attached hydrogen (secondary N) is 2. The van der Waals surface area contributed by atoms with Crippen molar-refractivity contribution in [2.75, 3.05) is 63.1 Å². The number of benzene rings is 2. The fourth-order valence-electron chi connectivity index (χ4n) is 5.46. The fourth-order valence-corrected chi connectivity index (χ4v) is 5.46. The summed E-state index contributed by atoms with van der Waals surface area (Å²) in [6.45, 7) is 14.3. The van der Waals surface area contributed by atoms with Gasteiger partial charge in [0.15, 0.2) is 11.6 Å². The summed E-state index contributed by atoms with van der Waals surface area (Å²) in [6.07, 6.45) is 0. The molecule has 3 aliphatic rings. The molecule has 2 aliphatic heterocycles. The molecule has 2 heterocycles. The van der Waals surface area contributed by atoms with Crippen molar-refractivity contribution >= 4 is 22.9 Å². The van der Waals surface area contributed by atoms with Crippen LogP contribution in [0.15, 0.2) is 36.4 Å². The molecule has 36 heavy (non-hydrogen) atoms. The lowest BCUT2D eigenvalue weighted by molar-refractivity contribution is -0.0484. The molecule has 0 amide bonds. The summed E-state index contributed by atoms with van der Waals surface area (Å²) in [5.41, 5.74) is 2.60. The van der Waals surface area contributed by atoms with Crippen molar-refractivity contribution in [1.29, 1.82) is 0 Å². The zero-order valence-corrected chi connectivity index (χ0v) is 21.6. The Kier molecular flexibility index (Phi) is 6.63. The van der Waals surface area contributed by atoms with Gasteiger partial charge in [0.05, 0.1) is 24.3 Å². The third-order valence-corrected chi connectivity index (χ3v) is 7.63. The number of rotatable bonds is 8. The normalized spacial score (nSPS) is 20.9. The largest absolute Gasteiger partial charge is 0.383 e. The van der Waals surface area contributed by atoms with E-state index >= 15 is 0 Å². The van der Waals surface area contributed by atoms with Crippen LogP contribution in [0.5, 0.6) is 0 Å². The average Bonchev–Trinajstić information content (AvgIpc) is 3.37. The molecule has 192 valence electrons. The summed E-state index contributed by atoms with van der Waals surface area (Å²) in [7, 11) is 0. The predicted octanol–water partition coefficient (Wildman–Crippen LogP) is 3.42. The highest BCUT2D eigenvalue weighted by molar-refractivity contribution is 6.31. The van der Waals surface area contributed by atoms with E-state index in [1.807, 2.05) is 12.1 Å². The van der Waals surface area contributed by atoms with E-state index < -0.39 is 0 Å². The molecule has 1 aliphatic carbocycles. The van der Waals surface area contributed by atoms with E-state index in [4.69, 9.17) is 9.47 Å². The highest BCUT2D eigenvalue weighted by atomic mass is 16.5. The molecule has 0 spiro atoms. The van der Waals surface area contributed by atoms with Gasteiger partial charge in [0, 0.05) is 61.8 Å². The van der Waals surface area contributed by atoms with Gasteiger partial charge in [0.25, 0.3) is 0 Å². The van der Waals surface area contributed by atoms with Crippen LogP contribution in [0, 0.1) is 0 Å². The standard InChI is InChI=1S/C28H36N4O4/c1-27(2)31(15-17-35-27)13-11-29-21-9-10-22(30-12-14-32-16-18-36-28(32,3)4)24-23(21)25(33)19-7-5-6-8-20(19)26(24)34/h5-10,29-30H,11-18H2,1-4H3. The van der Waals surface area contributed by atoms with Crippen LogP contribution in [-0.2, 0) is 9.47 Å². The van der Waals surface area contributed by atoms with Gasteiger partial charge in [-0.2, -0.15) is 0 Å². The maximum Gasteiger partial charge on any atom is 0.196 e. The predicted molar refractivity (Wildman–Crippen MR) is 140 cm³/mol. The number of fused-ring (bicyclic) bond motifs is 2. The lowest BCUT2D eigenvalue weighted by atomic mass is 9.82.